The zero-order valence-corrected chi connectivity index (χ0v) is 12.7. The molecule has 0 bridgehead atoms. The summed E-state index contributed by atoms with van der Waals surface area (Å²) < 4.78 is 11.6. The molecule has 0 aromatic carbocycles. The summed E-state index contributed by atoms with van der Waals surface area (Å²) in [5.74, 6) is 0.246. The van der Waals surface area contributed by atoms with E-state index in [1.807, 2.05) is 6.92 Å². The van der Waals surface area contributed by atoms with E-state index < -0.39 is 8.38 Å². The molecule has 1 saturated heterocycles. The predicted molar refractivity (Wildman–Crippen MR) is 74.2 cm³/mol. The van der Waals surface area contributed by atoms with Crippen LogP contribution in [0.1, 0.15) is 34.1 Å². The molecule has 0 radical (unpaired) electrons. The van der Waals surface area contributed by atoms with Crippen molar-refractivity contribution in [2.24, 2.45) is 11.3 Å². The summed E-state index contributed by atoms with van der Waals surface area (Å²) in [6, 6.07) is 0. The third-order valence-corrected chi connectivity index (χ3v) is 5.11. The van der Waals surface area contributed by atoms with Crippen molar-refractivity contribution in [3.63, 3.8) is 0 Å². The van der Waals surface area contributed by atoms with Gasteiger partial charge in [-0.05, 0) is 19.3 Å². The third kappa shape index (κ3) is 3.22. The van der Waals surface area contributed by atoms with E-state index in [-0.39, 0.29) is 22.0 Å². The Kier molecular flexibility index (Phi) is 4.09. The van der Waals surface area contributed by atoms with E-state index in [4.69, 9.17) is 9.05 Å². The lowest BCUT2D eigenvalue weighted by molar-refractivity contribution is -0.420. The van der Waals surface area contributed by atoms with Crippen LogP contribution in [0.25, 0.3) is 0 Å². The molecule has 6 heteroatoms. The van der Waals surface area contributed by atoms with Gasteiger partial charge >= 0.3 is 0 Å². The molecule has 1 heterocycles. The van der Waals surface area contributed by atoms with Gasteiger partial charge in [0.25, 0.3) is 5.70 Å². The van der Waals surface area contributed by atoms with Crippen LogP contribution in [0.3, 0.4) is 0 Å². The van der Waals surface area contributed by atoms with Crippen molar-refractivity contribution in [2.45, 2.75) is 34.1 Å². The molecule has 0 N–H and O–H groups in total. The number of nitro groups is 1. The largest absolute Gasteiger partial charge is 0.330 e. The van der Waals surface area contributed by atoms with Gasteiger partial charge < -0.3 is 9.05 Å². The van der Waals surface area contributed by atoms with Crippen LogP contribution in [0.4, 0.5) is 0 Å². The predicted octanol–water partition coefficient (Wildman–Crippen LogP) is 3.85. The Bertz CT molecular complexity index is 446. The van der Waals surface area contributed by atoms with Crippen LogP contribution in [0.2, 0.25) is 0 Å². The maximum atomic E-state index is 11.0. The summed E-state index contributed by atoms with van der Waals surface area (Å²) in [7, 11) is -1.14. The highest BCUT2D eigenvalue weighted by Gasteiger charge is 2.36. The SMILES string of the molecule is CC1=C([N+](=O)[O-])C=C(P2OCC(C)(C)CO2)C(C)C1. The molecular weight excluding hydrogens is 265 g/mol. The molecule has 5 nitrogen and oxygen atoms in total. The van der Waals surface area contributed by atoms with Crippen LogP contribution in [0.5, 0.6) is 0 Å². The molecule has 0 aromatic heterocycles. The third-order valence-electron chi connectivity index (χ3n) is 3.39. The van der Waals surface area contributed by atoms with Crippen LogP contribution in [0, 0.1) is 21.4 Å². The lowest BCUT2D eigenvalue weighted by atomic mass is 9.95. The fourth-order valence-electron chi connectivity index (χ4n) is 2.21. The Morgan fingerprint density at radius 3 is 2.53 bits per heavy atom. The molecular formula is C13H20NO4P. The highest BCUT2D eigenvalue weighted by molar-refractivity contribution is 7.52. The maximum absolute atomic E-state index is 11.0. The zero-order valence-electron chi connectivity index (χ0n) is 11.8. The summed E-state index contributed by atoms with van der Waals surface area (Å²) >= 11 is 0. The van der Waals surface area contributed by atoms with Crippen LogP contribution in [0.15, 0.2) is 22.7 Å². The van der Waals surface area contributed by atoms with Crippen LogP contribution >= 0.6 is 8.38 Å². The van der Waals surface area contributed by atoms with E-state index in [2.05, 4.69) is 20.8 Å². The number of allylic oxidation sites excluding steroid dienone is 3. The van der Waals surface area contributed by atoms with E-state index in [1.165, 1.54) is 0 Å². The van der Waals surface area contributed by atoms with Crippen molar-refractivity contribution in [3.05, 3.63) is 32.8 Å². The zero-order chi connectivity index (χ0) is 14.2. The lowest BCUT2D eigenvalue weighted by Crippen LogP contribution is -2.29. The molecule has 19 heavy (non-hydrogen) atoms. The fraction of sp³-hybridized carbons (Fsp3) is 0.692. The second-order valence-electron chi connectivity index (χ2n) is 6.07. The van der Waals surface area contributed by atoms with E-state index in [0.717, 1.165) is 10.9 Å². The second-order valence-corrected chi connectivity index (χ2v) is 7.61. The average Bonchev–Trinajstić information content (AvgIpc) is 2.29. The quantitative estimate of drug-likeness (QED) is 0.439. The molecule has 1 aliphatic heterocycles. The van der Waals surface area contributed by atoms with Gasteiger partial charge in [0.1, 0.15) is 0 Å². The van der Waals surface area contributed by atoms with Crippen molar-refractivity contribution < 1.29 is 14.0 Å². The van der Waals surface area contributed by atoms with Gasteiger partial charge in [-0.2, -0.15) is 0 Å². The number of nitrogens with zero attached hydrogens (tertiary/aromatic N) is 1. The Morgan fingerprint density at radius 1 is 1.42 bits per heavy atom. The highest BCUT2D eigenvalue weighted by Crippen LogP contribution is 2.57. The van der Waals surface area contributed by atoms with Gasteiger partial charge in [-0.3, -0.25) is 10.1 Å². The monoisotopic (exact) mass is 285 g/mol. The van der Waals surface area contributed by atoms with Gasteiger partial charge in [-0.15, -0.1) is 0 Å². The minimum Gasteiger partial charge on any atom is -0.330 e. The molecule has 0 saturated carbocycles. The Morgan fingerprint density at radius 2 is 2.00 bits per heavy atom. The number of rotatable bonds is 2. The smallest absolute Gasteiger partial charge is 0.268 e. The van der Waals surface area contributed by atoms with Gasteiger partial charge in [-0.25, -0.2) is 0 Å². The fourth-order valence-corrected chi connectivity index (χ4v) is 4.19. The van der Waals surface area contributed by atoms with Gasteiger partial charge in [-0.1, -0.05) is 20.8 Å². The molecule has 0 aromatic rings. The standard InChI is InChI=1S/C13H20NO4P/c1-9-5-10(2)12(6-11(9)14(15)16)19-17-7-13(3,4)8-18-19/h6,10H,5,7-8H2,1-4H3. The van der Waals surface area contributed by atoms with Crippen molar-refractivity contribution in [3.8, 4) is 0 Å². The van der Waals surface area contributed by atoms with Crippen molar-refractivity contribution in [1.29, 1.82) is 0 Å². The summed E-state index contributed by atoms with van der Waals surface area (Å²) in [5, 5.41) is 12.0. The first kappa shape index (κ1) is 14.6. The van der Waals surface area contributed by atoms with Gasteiger partial charge in [0.2, 0.25) is 8.38 Å². The van der Waals surface area contributed by atoms with Gasteiger partial charge in [0.05, 0.1) is 18.1 Å². The molecule has 2 aliphatic rings. The summed E-state index contributed by atoms with van der Waals surface area (Å²) in [4.78, 5) is 10.7. The molecule has 106 valence electrons. The van der Waals surface area contributed by atoms with Crippen LogP contribution < -0.4 is 0 Å². The van der Waals surface area contributed by atoms with Crippen LogP contribution in [-0.2, 0) is 9.05 Å². The van der Waals surface area contributed by atoms with Gasteiger partial charge in [0, 0.05) is 22.4 Å². The number of hydrogen-bond donors (Lipinski definition) is 0. The summed E-state index contributed by atoms with van der Waals surface area (Å²) in [6.07, 6.45) is 2.37. The van der Waals surface area contributed by atoms with E-state index in [1.54, 1.807) is 6.08 Å². The van der Waals surface area contributed by atoms with E-state index in [0.29, 0.717) is 19.6 Å². The first-order valence-electron chi connectivity index (χ1n) is 6.42. The van der Waals surface area contributed by atoms with Crippen LogP contribution in [-0.4, -0.2) is 18.1 Å². The minimum absolute atomic E-state index is 0.0228. The molecule has 2 rings (SSSR count). The normalized spacial score (nSPS) is 28.2. The van der Waals surface area contributed by atoms with Crippen molar-refractivity contribution in [1.82, 2.24) is 0 Å². The highest BCUT2D eigenvalue weighted by atomic mass is 31.2. The Hall–Kier alpha value is -0.770. The molecule has 1 unspecified atom stereocenters. The molecule has 1 atom stereocenters. The summed E-state index contributed by atoms with van der Waals surface area (Å²) in [5.41, 5.74) is 1.05. The molecule has 1 aliphatic carbocycles. The molecule has 0 spiro atoms. The number of hydrogen-bond acceptors (Lipinski definition) is 4. The van der Waals surface area contributed by atoms with Crippen molar-refractivity contribution in [2.75, 3.05) is 13.2 Å². The second kappa shape index (κ2) is 5.31. The lowest BCUT2D eigenvalue weighted by Gasteiger charge is -2.36. The van der Waals surface area contributed by atoms with Crippen molar-refractivity contribution >= 4 is 8.38 Å². The maximum Gasteiger partial charge on any atom is 0.268 e. The van der Waals surface area contributed by atoms with E-state index in [9.17, 15) is 10.1 Å². The first-order chi connectivity index (χ1) is 8.80. The summed E-state index contributed by atoms with van der Waals surface area (Å²) in [6.45, 7) is 9.34. The Labute approximate surface area is 114 Å². The van der Waals surface area contributed by atoms with Gasteiger partial charge in [0.15, 0.2) is 0 Å². The molecule has 1 fully saturated rings. The topological polar surface area (TPSA) is 61.6 Å². The minimum atomic E-state index is -1.14. The molecule has 0 amide bonds. The first-order valence-corrected chi connectivity index (χ1v) is 7.59. The average molecular weight is 285 g/mol. The van der Waals surface area contributed by atoms with E-state index >= 15 is 0 Å². The Balaban J connectivity index is 2.19.